The molecule has 11 rings (SSSR count). The summed E-state index contributed by atoms with van der Waals surface area (Å²) in [5.74, 6) is 0. The van der Waals surface area contributed by atoms with Crippen LogP contribution < -0.4 is 0 Å². The third-order valence-corrected chi connectivity index (χ3v) is 59.2. The molecule has 0 aromatic heterocycles. The summed E-state index contributed by atoms with van der Waals surface area (Å²) in [6.07, 6.45) is 0. The van der Waals surface area contributed by atoms with E-state index in [4.69, 9.17) is 0 Å². The second-order valence-corrected chi connectivity index (χ2v) is 35.6. The van der Waals surface area contributed by atoms with Crippen LogP contribution in [0.2, 0.25) is 43.3 Å². The van der Waals surface area contributed by atoms with Crippen molar-refractivity contribution in [2.75, 3.05) is 0 Å². The quantitative estimate of drug-likeness (QED) is 0.494. The number of alkyl halides is 1. The Bertz CT molecular complexity index is 1100. The van der Waals surface area contributed by atoms with Crippen LogP contribution in [0.25, 0.3) is 0 Å². The van der Waals surface area contributed by atoms with Gasteiger partial charge in [-0.05, 0) is 0 Å². The van der Waals surface area contributed by atoms with E-state index in [2.05, 4.69) is 40.2 Å². The molecule has 1 aromatic rings. The van der Waals surface area contributed by atoms with Gasteiger partial charge in [-0.2, -0.15) is 0 Å². The van der Waals surface area contributed by atoms with Gasteiger partial charge in [-0.1, -0.05) is 0 Å². The van der Waals surface area contributed by atoms with E-state index in [1.54, 1.807) is 5.56 Å². The van der Waals surface area contributed by atoms with Crippen molar-refractivity contribution in [1.29, 1.82) is 0 Å². The molecule has 1 spiro atoms. The number of hydrogen-bond acceptors (Lipinski definition) is 0. The molecule has 4 unspecified atom stereocenters. The molecule has 19 heavy (non-hydrogen) atoms. The average Bonchev–Trinajstić information content (AvgIpc) is 3.39. The first kappa shape index (κ1) is 7.47. The Morgan fingerprint density at radius 1 is 0.895 bits per heavy atom. The molecule has 10 heterocycles. The van der Waals surface area contributed by atoms with Crippen molar-refractivity contribution in [2.24, 2.45) is 0 Å². The summed E-state index contributed by atoms with van der Waals surface area (Å²) in [4.78, 5) is 13.0. The van der Waals surface area contributed by atoms with E-state index >= 15 is 0 Å². The van der Waals surface area contributed by atoms with Gasteiger partial charge in [0, 0.05) is 0 Å². The van der Waals surface area contributed by atoms with Crippen LogP contribution in [0.1, 0.15) is 11.1 Å². The molecular formula is C17H15BrFe. The van der Waals surface area contributed by atoms with E-state index in [0.717, 1.165) is 9.64 Å². The number of hydrogen-bond donors (Lipinski definition) is 0. The van der Waals surface area contributed by atoms with E-state index < -0.39 is 6.51 Å². The minimum absolute atomic E-state index is 0.948. The standard InChI is InChI=1S/C12H10Br.C5H5.Fe/c13-9-11-7-3-4-8-12(11)10-5-1-2-6-10;1-2-4-5-3-1;/h1-8H,9H2;1-5H;. The summed E-state index contributed by atoms with van der Waals surface area (Å²) in [5.41, 5.74) is 3.59. The van der Waals surface area contributed by atoms with Crippen molar-refractivity contribution in [3.8, 4) is 0 Å². The predicted molar refractivity (Wildman–Crippen MR) is 74.5 cm³/mol. The summed E-state index contributed by atoms with van der Waals surface area (Å²) >= 11 is 3.79. The average molecular weight is 355 g/mol. The Hall–Kier alpha value is 0.219. The van der Waals surface area contributed by atoms with Crippen LogP contribution in [0.3, 0.4) is 0 Å². The third kappa shape index (κ3) is 0.0889. The molecule has 10 aliphatic heterocycles. The van der Waals surface area contributed by atoms with Crippen molar-refractivity contribution in [3.05, 3.63) is 35.4 Å². The van der Waals surface area contributed by atoms with Crippen LogP contribution in [0.4, 0.5) is 0 Å². The topological polar surface area (TPSA) is 0 Å². The molecule has 4 atom stereocenters. The van der Waals surface area contributed by atoms with Gasteiger partial charge in [0.25, 0.3) is 0 Å². The molecule has 10 fully saturated rings. The first-order chi connectivity index (χ1) is 9.10. The van der Waals surface area contributed by atoms with Crippen molar-refractivity contribution >= 4 is 15.9 Å². The molecule has 2 heteroatoms. The summed E-state index contributed by atoms with van der Waals surface area (Å²) in [6.45, 7) is -2.91. The van der Waals surface area contributed by atoms with Crippen molar-refractivity contribution in [3.63, 3.8) is 0 Å². The second kappa shape index (κ2) is 0.679. The predicted octanol–water partition coefficient (Wildman–Crippen LogP) is 5.38. The van der Waals surface area contributed by atoms with Crippen LogP contribution in [0.5, 0.6) is 0 Å². The molecule has 0 radical (unpaired) electrons. The molecule has 98 valence electrons. The minimum atomic E-state index is -2.91. The first-order valence-corrected chi connectivity index (χ1v) is 15.4. The third-order valence-electron chi connectivity index (χ3n) is 16.2. The Kier molecular flexibility index (Phi) is 0.267. The number of halogens is 1. The van der Waals surface area contributed by atoms with Crippen LogP contribution in [0, 0.1) is 0 Å². The fourth-order valence-corrected chi connectivity index (χ4v) is 92.6. The van der Waals surface area contributed by atoms with Gasteiger partial charge in [0.05, 0.1) is 0 Å². The van der Waals surface area contributed by atoms with Gasteiger partial charge >= 0.3 is 111 Å². The second-order valence-electron chi connectivity index (χ2n) is 11.5. The Morgan fingerprint density at radius 3 is 1.89 bits per heavy atom. The van der Waals surface area contributed by atoms with Gasteiger partial charge in [-0.3, -0.25) is 0 Å². The molecule has 10 aliphatic rings. The molecule has 0 saturated carbocycles. The summed E-state index contributed by atoms with van der Waals surface area (Å²) < 4.78 is 0.948. The van der Waals surface area contributed by atoms with Gasteiger partial charge in [0.1, 0.15) is 0 Å². The Balaban J connectivity index is 1.53. The zero-order chi connectivity index (χ0) is 11.7. The Morgan fingerprint density at radius 2 is 1.47 bits per heavy atom. The molecule has 0 amide bonds. The molecular weight excluding hydrogens is 340 g/mol. The molecule has 0 N–H and O–H groups in total. The maximum atomic E-state index is 3.79. The van der Waals surface area contributed by atoms with Crippen molar-refractivity contribution in [2.45, 2.75) is 53.0 Å². The number of fused-ring (bicyclic) bond motifs is 10. The van der Waals surface area contributed by atoms with Gasteiger partial charge in [0.2, 0.25) is 0 Å². The summed E-state index contributed by atoms with van der Waals surface area (Å²) in [5, 5.41) is 1.10. The van der Waals surface area contributed by atoms with Crippen LogP contribution in [-0.2, 0) is 16.2 Å². The fourth-order valence-electron chi connectivity index (χ4n) is 17.9. The monoisotopic (exact) mass is 354 g/mol. The van der Waals surface area contributed by atoms with Crippen LogP contribution in [0.15, 0.2) is 24.3 Å². The van der Waals surface area contributed by atoms with E-state index in [-0.39, 0.29) is 0 Å². The summed E-state index contributed by atoms with van der Waals surface area (Å²) in [7, 11) is 0. The van der Waals surface area contributed by atoms with E-state index in [0.29, 0.717) is 0 Å². The molecule has 0 aliphatic carbocycles. The van der Waals surface area contributed by atoms with E-state index in [9.17, 15) is 0 Å². The zero-order valence-corrected chi connectivity index (χ0v) is 13.1. The van der Waals surface area contributed by atoms with Crippen LogP contribution >= 0.6 is 15.9 Å². The van der Waals surface area contributed by atoms with Gasteiger partial charge in [0.15, 0.2) is 0 Å². The van der Waals surface area contributed by atoms with Gasteiger partial charge in [-0.15, -0.1) is 0 Å². The van der Waals surface area contributed by atoms with E-state index in [1.807, 2.05) is 5.56 Å². The number of rotatable bonds is 2. The van der Waals surface area contributed by atoms with Gasteiger partial charge in [-0.25, -0.2) is 0 Å². The molecule has 10 saturated heterocycles. The zero-order valence-electron chi connectivity index (χ0n) is 10.4. The molecule has 0 nitrogen and oxygen atoms in total. The number of benzene rings is 1. The van der Waals surface area contributed by atoms with Crippen LogP contribution in [-0.4, -0.2) is 0 Å². The van der Waals surface area contributed by atoms with Gasteiger partial charge < -0.3 is 0 Å². The maximum absolute atomic E-state index is 3.79. The molecule has 0 bridgehead atoms. The van der Waals surface area contributed by atoms with E-state index in [1.165, 1.54) is 43.3 Å². The fraction of sp³-hybridized carbons (Fsp3) is 0.647. The normalized spacial score (nSPS) is 108. The summed E-state index contributed by atoms with van der Waals surface area (Å²) in [6, 6.07) is 9.63. The Labute approximate surface area is 110 Å². The molecule has 1 aromatic carbocycles. The van der Waals surface area contributed by atoms with Crippen molar-refractivity contribution < 1.29 is 6.51 Å². The first-order valence-electron chi connectivity index (χ1n) is 7.96. The SMILES string of the molecule is BrCc1ccccc1[C]12[CH]3[CH]4[CH]5[CH]1[Fe]45321678[CH]2[CH]1[CH]6[CH]7[CH]28. The van der Waals surface area contributed by atoms with Crippen molar-refractivity contribution in [1.82, 2.24) is 0 Å².